The number of urea groups is 1. The molecule has 0 spiro atoms. The summed E-state index contributed by atoms with van der Waals surface area (Å²) in [6, 6.07) is -0.988. The number of likely N-dealkylation sites (N-methyl/N-ethyl adjacent to an activating group) is 1. The van der Waals surface area contributed by atoms with Crippen molar-refractivity contribution in [2.24, 2.45) is 23.2 Å². The van der Waals surface area contributed by atoms with Crippen LogP contribution in [0.15, 0.2) is 34.4 Å². The van der Waals surface area contributed by atoms with Crippen molar-refractivity contribution in [2.45, 2.75) is 113 Å². The maximum absolute atomic E-state index is 14.7. The van der Waals surface area contributed by atoms with Crippen molar-refractivity contribution in [3.63, 3.8) is 0 Å². The lowest BCUT2D eigenvalue weighted by molar-refractivity contribution is -0.144. The minimum atomic E-state index is -3.78. The molecule has 3 fully saturated rings. The van der Waals surface area contributed by atoms with Crippen LogP contribution < -0.4 is 21.3 Å². The van der Waals surface area contributed by atoms with Crippen molar-refractivity contribution in [3.05, 3.63) is 30.2 Å². The van der Waals surface area contributed by atoms with Crippen molar-refractivity contribution in [1.29, 1.82) is 0 Å². The van der Waals surface area contributed by atoms with Gasteiger partial charge in [-0.25, -0.2) is 13.2 Å². The van der Waals surface area contributed by atoms with Gasteiger partial charge in [0, 0.05) is 39.1 Å². The van der Waals surface area contributed by atoms with Crippen LogP contribution in [0.3, 0.4) is 0 Å². The molecule has 0 radical (unpaired) electrons. The van der Waals surface area contributed by atoms with E-state index in [4.69, 9.17) is 6.42 Å². The Kier molecular flexibility index (Phi) is 14.7. The Balaban J connectivity index is 1.56. The van der Waals surface area contributed by atoms with Crippen molar-refractivity contribution in [3.8, 4) is 12.3 Å². The Labute approximate surface area is 318 Å². The van der Waals surface area contributed by atoms with Gasteiger partial charge in [-0.05, 0) is 66.7 Å². The number of hydrogen-bond donors (Lipinski definition) is 4. The predicted octanol–water partition coefficient (Wildman–Crippen LogP) is 3.43. The Bertz CT molecular complexity index is 1630. The predicted molar refractivity (Wildman–Crippen MR) is 204 cm³/mol. The number of carbonyl (C=O) groups is 5. The highest BCUT2D eigenvalue weighted by Crippen LogP contribution is 2.43. The smallest absolute Gasteiger partial charge is 0.315 e. The monoisotopic (exact) mass is 772 g/mol. The summed E-state index contributed by atoms with van der Waals surface area (Å²) >= 11 is 1.12. The molecule has 1 saturated heterocycles. The molecule has 1 aromatic heterocycles. The third kappa shape index (κ3) is 10.5. The highest BCUT2D eigenvalue weighted by molar-refractivity contribution is 7.91. The third-order valence-corrected chi connectivity index (χ3v) is 14.1. The van der Waals surface area contributed by atoms with E-state index in [9.17, 15) is 32.4 Å². The Morgan fingerprint density at radius 1 is 1.08 bits per heavy atom. The molecule has 4 rings (SSSR count). The van der Waals surface area contributed by atoms with Gasteiger partial charge in [-0.2, -0.15) is 4.31 Å². The summed E-state index contributed by atoms with van der Waals surface area (Å²) in [7, 11) is -2.30. The Hall–Kier alpha value is -3.74. The summed E-state index contributed by atoms with van der Waals surface area (Å²) in [5.74, 6) is -0.320. The number of sulfonamides is 1. The molecule has 5 amide bonds. The van der Waals surface area contributed by atoms with Crippen LogP contribution in [-0.4, -0.2) is 98.0 Å². The van der Waals surface area contributed by atoms with Crippen molar-refractivity contribution in [2.75, 3.05) is 26.7 Å². The second-order valence-electron chi connectivity index (χ2n) is 15.6. The molecule has 1 aromatic rings. The average molecular weight is 773 g/mol. The second-order valence-corrected chi connectivity index (χ2v) is 18.8. The number of nitrogens with zero attached hydrogens (tertiary/aromatic N) is 2. The molecule has 292 valence electrons. The summed E-state index contributed by atoms with van der Waals surface area (Å²) in [4.78, 5) is 70.0. The molecule has 1 unspecified atom stereocenters. The van der Waals surface area contributed by atoms with Crippen LogP contribution in [0, 0.1) is 35.5 Å². The van der Waals surface area contributed by atoms with E-state index >= 15 is 0 Å². The van der Waals surface area contributed by atoms with E-state index in [1.165, 1.54) is 17.4 Å². The van der Waals surface area contributed by atoms with Crippen molar-refractivity contribution >= 4 is 50.9 Å². The molecule has 1 aliphatic heterocycles. The molecule has 2 heterocycles. The first-order chi connectivity index (χ1) is 25.1. The lowest BCUT2D eigenvalue weighted by Gasteiger charge is -2.37. The number of rotatable bonds is 16. The summed E-state index contributed by atoms with van der Waals surface area (Å²) in [5, 5.41) is 12.9. The first-order valence-corrected chi connectivity index (χ1v) is 21.0. The molecule has 0 bridgehead atoms. The van der Waals surface area contributed by atoms with E-state index in [1.54, 1.807) is 22.4 Å². The van der Waals surface area contributed by atoms with Gasteiger partial charge in [0.15, 0.2) is 0 Å². The van der Waals surface area contributed by atoms with E-state index in [-0.39, 0.29) is 53.8 Å². The zero-order valence-corrected chi connectivity index (χ0v) is 33.0. The van der Waals surface area contributed by atoms with E-state index in [0.29, 0.717) is 6.54 Å². The van der Waals surface area contributed by atoms with Crippen LogP contribution in [-0.2, 0) is 29.2 Å². The number of amides is 5. The molecule has 2 saturated carbocycles. The SMILES string of the molecule is C#CCCC(NC(=O)[C@@H]1[C@H]2CCC[C@H]2CN1C(=O)[C@@H](NC(=O)N[C@H](CN(C)S(=O)(=O)c1cccs1)C(C)(C)C)C1CCCCC1)C(=O)C(=O)NCC=C. The van der Waals surface area contributed by atoms with Crippen LogP contribution >= 0.6 is 11.3 Å². The van der Waals surface area contributed by atoms with Gasteiger partial charge in [-0.3, -0.25) is 19.2 Å². The van der Waals surface area contributed by atoms with E-state index in [0.717, 1.165) is 62.7 Å². The molecule has 13 nitrogen and oxygen atoms in total. The third-order valence-electron chi connectivity index (χ3n) is 10.9. The molecule has 0 aromatic carbocycles. The first kappa shape index (κ1) is 42.0. The van der Waals surface area contributed by atoms with Crippen molar-refractivity contribution < 1.29 is 32.4 Å². The normalized spacial score (nSPS) is 22.2. The minimum Gasteiger partial charge on any atom is -0.346 e. The number of fused-ring (bicyclic) bond motifs is 1. The number of nitrogens with one attached hydrogen (secondary N) is 4. The molecule has 4 N–H and O–H groups in total. The summed E-state index contributed by atoms with van der Waals surface area (Å²) in [6.07, 6.45) is 13.9. The molecular weight excluding hydrogens is 717 g/mol. The lowest BCUT2D eigenvalue weighted by Crippen LogP contribution is -2.61. The maximum atomic E-state index is 14.7. The Morgan fingerprint density at radius 3 is 2.42 bits per heavy atom. The van der Waals surface area contributed by atoms with E-state index in [1.807, 2.05) is 20.8 Å². The number of carbonyl (C=O) groups excluding carboxylic acids is 5. The summed E-state index contributed by atoms with van der Waals surface area (Å²) in [6.45, 7) is 9.69. The first-order valence-electron chi connectivity index (χ1n) is 18.6. The van der Waals surface area contributed by atoms with Gasteiger partial charge in [0.2, 0.25) is 17.6 Å². The van der Waals surface area contributed by atoms with Gasteiger partial charge in [-0.1, -0.05) is 58.6 Å². The molecule has 3 aliphatic rings. The quantitative estimate of drug-likeness (QED) is 0.113. The zero-order valence-electron chi connectivity index (χ0n) is 31.4. The van der Waals surface area contributed by atoms with Gasteiger partial charge in [-0.15, -0.1) is 30.3 Å². The van der Waals surface area contributed by atoms with Gasteiger partial charge < -0.3 is 26.2 Å². The van der Waals surface area contributed by atoms with Gasteiger partial charge in [0.25, 0.3) is 15.9 Å². The standard InChI is InChI=1S/C38H56N6O7S2/c1-7-9-19-28(33(45)35(47)39-21-8-2)40-34(46)32-27-18-13-17-26(27)23-44(32)36(48)31(25-15-11-10-12-16-25)42-37(49)41-29(38(3,4)5)24-43(6)53(50,51)30-20-14-22-52-30/h1,8,14,20,22,25-29,31-32H,2,9-13,15-19,21,23-24H2,3-6H3,(H,39,47)(H,40,46)(H2,41,42,49)/t26-,27-,28?,29+,31-,32-/m0/s1. The molecule has 15 heteroatoms. The summed E-state index contributed by atoms with van der Waals surface area (Å²) in [5.41, 5.74) is -0.549. The number of thiophene rings is 1. The van der Waals surface area contributed by atoms with Gasteiger partial charge in [0.1, 0.15) is 16.3 Å². The molecular formula is C38H56N6O7S2. The van der Waals surface area contributed by atoms with Gasteiger partial charge >= 0.3 is 6.03 Å². The second kappa shape index (κ2) is 18.5. The van der Waals surface area contributed by atoms with Crippen LogP contribution in [0.1, 0.15) is 85.0 Å². The fraction of sp³-hybridized carbons (Fsp3) is 0.658. The topological polar surface area (TPSA) is 174 Å². The largest absolute Gasteiger partial charge is 0.346 e. The zero-order chi connectivity index (χ0) is 38.9. The average Bonchev–Trinajstić information content (AvgIpc) is 3.89. The number of ketones is 1. The maximum Gasteiger partial charge on any atom is 0.315 e. The number of terminal acetylenes is 1. The fourth-order valence-corrected chi connectivity index (χ4v) is 10.2. The van der Waals surface area contributed by atoms with Crippen molar-refractivity contribution in [1.82, 2.24) is 30.5 Å². The van der Waals surface area contributed by atoms with Crippen LogP contribution in [0.2, 0.25) is 0 Å². The molecule has 53 heavy (non-hydrogen) atoms. The van der Waals surface area contributed by atoms with Crippen LogP contribution in [0.25, 0.3) is 0 Å². The molecule has 2 aliphatic carbocycles. The highest BCUT2D eigenvalue weighted by Gasteiger charge is 2.52. The Morgan fingerprint density at radius 2 is 1.79 bits per heavy atom. The summed E-state index contributed by atoms with van der Waals surface area (Å²) < 4.78 is 27.9. The number of likely N-dealkylation sites (tertiary alicyclic amines) is 1. The van der Waals surface area contributed by atoms with E-state index < -0.39 is 63.2 Å². The van der Waals surface area contributed by atoms with Crippen LogP contribution in [0.4, 0.5) is 4.79 Å². The molecule has 6 atom stereocenters. The van der Waals surface area contributed by atoms with E-state index in [2.05, 4.69) is 33.8 Å². The number of hydrogen-bond acceptors (Lipinski definition) is 8. The number of Topliss-reactive ketones (excluding diaryl/α,β-unsaturated/α-hetero) is 1. The fourth-order valence-electron chi connectivity index (χ4n) is 7.86. The van der Waals surface area contributed by atoms with Crippen LogP contribution in [0.5, 0.6) is 0 Å². The minimum absolute atomic E-state index is 0.00208. The highest BCUT2D eigenvalue weighted by atomic mass is 32.2. The lowest BCUT2D eigenvalue weighted by atomic mass is 9.83. The van der Waals surface area contributed by atoms with Gasteiger partial charge in [0.05, 0.1) is 6.04 Å².